The highest BCUT2D eigenvalue weighted by atomic mass is 35.5. The van der Waals surface area contributed by atoms with E-state index >= 15 is 0 Å². The van der Waals surface area contributed by atoms with Crippen molar-refractivity contribution in [2.24, 2.45) is 0 Å². The molecule has 0 unspecified atom stereocenters. The van der Waals surface area contributed by atoms with E-state index in [1.54, 1.807) is 37.4 Å². The van der Waals surface area contributed by atoms with Gasteiger partial charge in [-0.05, 0) is 29.8 Å². The molecule has 2 rings (SSSR count). The Bertz CT molecular complexity index is 789. The van der Waals surface area contributed by atoms with Crippen LogP contribution in [0, 0.1) is 11.3 Å². The van der Waals surface area contributed by atoms with Crippen molar-refractivity contribution in [1.82, 2.24) is 5.32 Å². The first kappa shape index (κ1) is 19.4. The lowest BCUT2D eigenvalue weighted by Gasteiger charge is -2.13. The number of carbonyl (C=O) groups is 1. The number of para-hydroxylation sites is 1. The Kier molecular flexibility index (Phi) is 7.59. The Hall–Kier alpha value is -2.91. The number of nitrogens with zero attached hydrogens (tertiary/aromatic N) is 1. The number of halogens is 1. The second-order valence-electron chi connectivity index (χ2n) is 5.22. The van der Waals surface area contributed by atoms with Gasteiger partial charge in [-0.25, -0.2) is 0 Å². The molecule has 6 nitrogen and oxygen atoms in total. The minimum atomic E-state index is -0.316. The zero-order chi connectivity index (χ0) is 18.8. The largest absolute Gasteiger partial charge is 0.493 e. The van der Waals surface area contributed by atoms with Gasteiger partial charge < -0.3 is 19.5 Å². The fraction of sp³-hybridized carbons (Fsp3) is 0.263. The van der Waals surface area contributed by atoms with Crippen LogP contribution in [0.25, 0.3) is 0 Å². The number of rotatable bonds is 9. The summed E-state index contributed by atoms with van der Waals surface area (Å²) in [6.07, 6.45) is -0.163. The average Bonchev–Trinajstić information content (AvgIpc) is 2.65. The minimum Gasteiger partial charge on any atom is -0.493 e. The third-order valence-electron chi connectivity index (χ3n) is 3.39. The van der Waals surface area contributed by atoms with Crippen molar-refractivity contribution in [2.75, 3.05) is 20.3 Å². The smallest absolute Gasteiger partial charge is 0.234 e. The molecule has 0 aliphatic rings. The van der Waals surface area contributed by atoms with E-state index in [0.717, 1.165) is 5.56 Å². The quantitative estimate of drug-likeness (QED) is 0.681. The molecular formula is C19H19ClN2O4. The fourth-order valence-electron chi connectivity index (χ4n) is 2.14. The van der Waals surface area contributed by atoms with Crippen LogP contribution in [0.3, 0.4) is 0 Å². The number of carbonyl (C=O) groups excluding carboxylic acids is 1. The van der Waals surface area contributed by atoms with E-state index in [0.29, 0.717) is 42.0 Å². The van der Waals surface area contributed by atoms with Crippen LogP contribution in [0.4, 0.5) is 0 Å². The van der Waals surface area contributed by atoms with Gasteiger partial charge in [0.15, 0.2) is 11.5 Å². The number of hydrogen-bond donors (Lipinski definition) is 1. The molecule has 0 spiro atoms. The molecule has 136 valence electrons. The highest BCUT2D eigenvalue weighted by Crippen LogP contribution is 2.28. The van der Waals surface area contributed by atoms with Crippen molar-refractivity contribution in [1.29, 1.82) is 5.26 Å². The molecule has 0 fully saturated rings. The highest BCUT2D eigenvalue weighted by Gasteiger charge is 2.08. The average molecular weight is 375 g/mol. The van der Waals surface area contributed by atoms with Crippen molar-refractivity contribution in [3.63, 3.8) is 0 Å². The maximum atomic E-state index is 11.3. The van der Waals surface area contributed by atoms with Crippen molar-refractivity contribution < 1.29 is 19.0 Å². The summed E-state index contributed by atoms with van der Waals surface area (Å²) < 4.78 is 16.6. The first-order chi connectivity index (χ1) is 12.6. The molecule has 26 heavy (non-hydrogen) atoms. The summed E-state index contributed by atoms with van der Waals surface area (Å²) in [6.45, 7) is 0.964. The number of nitrogens with one attached hydrogen (secondary N) is 1. The van der Waals surface area contributed by atoms with Crippen LogP contribution < -0.4 is 19.5 Å². The van der Waals surface area contributed by atoms with E-state index in [4.69, 9.17) is 31.1 Å². The van der Waals surface area contributed by atoms with E-state index < -0.39 is 0 Å². The molecular weight excluding hydrogens is 356 g/mol. The van der Waals surface area contributed by atoms with Gasteiger partial charge in [0.25, 0.3) is 0 Å². The van der Waals surface area contributed by atoms with Gasteiger partial charge in [-0.2, -0.15) is 5.26 Å². The number of methoxy groups -OCH3 is 1. The van der Waals surface area contributed by atoms with Crippen LogP contribution in [0.5, 0.6) is 17.2 Å². The van der Waals surface area contributed by atoms with Crippen molar-refractivity contribution in [2.45, 2.75) is 13.0 Å². The summed E-state index contributed by atoms with van der Waals surface area (Å²) in [7, 11) is 1.54. The summed E-state index contributed by atoms with van der Waals surface area (Å²) >= 11 is 6.02. The van der Waals surface area contributed by atoms with E-state index in [-0.39, 0.29) is 12.3 Å². The van der Waals surface area contributed by atoms with Crippen molar-refractivity contribution in [3.8, 4) is 23.3 Å². The van der Waals surface area contributed by atoms with Gasteiger partial charge in [-0.1, -0.05) is 29.8 Å². The van der Waals surface area contributed by atoms with Crippen LogP contribution in [0.2, 0.25) is 5.02 Å². The maximum Gasteiger partial charge on any atom is 0.234 e. The van der Waals surface area contributed by atoms with Gasteiger partial charge in [0.2, 0.25) is 5.91 Å². The van der Waals surface area contributed by atoms with Gasteiger partial charge in [0, 0.05) is 6.54 Å². The van der Waals surface area contributed by atoms with Crippen molar-refractivity contribution >= 4 is 17.5 Å². The molecule has 0 aromatic heterocycles. The summed E-state index contributed by atoms with van der Waals surface area (Å²) in [5.74, 6) is 1.41. The summed E-state index contributed by atoms with van der Waals surface area (Å²) in [6, 6.07) is 14.4. The minimum absolute atomic E-state index is 0.163. The Labute approximate surface area is 157 Å². The van der Waals surface area contributed by atoms with Gasteiger partial charge in [-0.3, -0.25) is 4.79 Å². The molecule has 0 aliphatic carbocycles. The van der Waals surface area contributed by atoms with Gasteiger partial charge >= 0.3 is 0 Å². The molecule has 2 aromatic rings. The molecule has 0 heterocycles. The number of benzene rings is 2. The second kappa shape index (κ2) is 10.2. The zero-order valence-corrected chi connectivity index (χ0v) is 15.1. The van der Waals surface area contributed by atoms with Crippen LogP contribution >= 0.6 is 11.6 Å². The lowest BCUT2D eigenvalue weighted by molar-refractivity contribution is -0.120. The summed E-state index contributed by atoms with van der Waals surface area (Å²) in [5.41, 5.74) is 0.841. The third kappa shape index (κ3) is 5.87. The molecule has 0 saturated carbocycles. The first-order valence-electron chi connectivity index (χ1n) is 7.94. The first-order valence-corrected chi connectivity index (χ1v) is 8.32. The standard InChI is InChI=1S/C19H19ClN2O4/c1-24-18-12-14(13-22-19(23)8-9-21)6-7-17(18)26-11-10-25-16-5-3-2-4-15(16)20/h2-7,12H,8,10-11,13H2,1H3,(H,22,23). The molecule has 0 bridgehead atoms. The monoisotopic (exact) mass is 374 g/mol. The predicted molar refractivity (Wildman–Crippen MR) is 97.5 cm³/mol. The molecule has 0 aliphatic heterocycles. The Morgan fingerprint density at radius 2 is 1.85 bits per heavy atom. The number of hydrogen-bond acceptors (Lipinski definition) is 5. The lowest BCUT2D eigenvalue weighted by atomic mass is 10.2. The Morgan fingerprint density at radius 3 is 2.54 bits per heavy atom. The molecule has 1 N–H and O–H groups in total. The van der Waals surface area contributed by atoms with Crippen LogP contribution in [-0.2, 0) is 11.3 Å². The topological polar surface area (TPSA) is 80.6 Å². The lowest BCUT2D eigenvalue weighted by Crippen LogP contribution is -2.21. The zero-order valence-electron chi connectivity index (χ0n) is 14.3. The number of ether oxygens (including phenoxy) is 3. The predicted octanol–water partition coefficient (Wildman–Crippen LogP) is 3.34. The van der Waals surface area contributed by atoms with E-state index in [1.165, 1.54) is 0 Å². The van der Waals surface area contributed by atoms with E-state index in [9.17, 15) is 4.79 Å². The number of nitriles is 1. The third-order valence-corrected chi connectivity index (χ3v) is 3.70. The second-order valence-corrected chi connectivity index (χ2v) is 5.63. The fourth-order valence-corrected chi connectivity index (χ4v) is 2.33. The molecule has 1 amide bonds. The number of amides is 1. The van der Waals surface area contributed by atoms with E-state index in [1.807, 2.05) is 18.2 Å². The maximum absolute atomic E-state index is 11.3. The Morgan fingerprint density at radius 1 is 1.12 bits per heavy atom. The van der Waals surface area contributed by atoms with Gasteiger partial charge in [0.1, 0.15) is 25.4 Å². The highest BCUT2D eigenvalue weighted by molar-refractivity contribution is 6.32. The SMILES string of the molecule is COc1cc(CNC(=O)CC#N)ccc1OCCOc1ccccc1Cl. The normalized spacial score (nSPS) is 9.88. The molecule has 0 radical (unpaired) electrons. The van der Waals surface area contributed by atoms with Crippen molar-refractivity contribution in [3.05, 3.63) is 53.1 Å². The van der Waals surface area contributed by atoms with E-state index in [2.05, 4.69) is 5.32 Å². The molecule has 0 atom stereocenters. The Balaban J connectivity index is 1.86. The summed E-state index contributed by atoms with van der Waals surface area (Å²) in [4.78, 5) is 11.3. The van der Waals surface area contributed by atoms with Crippen LogP contribution in [0.1, 0.15) is 12.0 Å². The van der Waals surface area contributed by atoms with Gasteiger partial charge in [-0.15, -0.1) is 0 Å². The molecule has 0 saturated heterocycles. The summed E-state index contributed by atoms with van der Waals surface area (Å²) in [5, 5.41) is 11.7. The van der Waals surface area contributed by atoms with Gasteiger partial charge in [0.05, 0.1) is 18.2 Å². The van der Waals surface area contributed by atoms with Crippen LogP contribution in [-0.4, -0.2) is 26.2 Å². The molecule has 2 aromatic carbocycles. The van der Waals surface area contributed by atoms with Crippen LogP contribution in [0.15, 0.2) is 42.5 Å². The molecule has 7 heteroatoms.